The van der Waals surface area contributed by atoms with Crippen LogP contribution < -0.4 is 15.4 Å². The van der Waals surface area contributed by atoms with Crippen LogP contribution in [0.15, 0.2) is 24.3 Å². The van der Waals surface area contributed by atoms with Crippen LogP contribution >= 0.6 is 0 Å². The lowest BCUT2D eigenvalue weighted by Gasteiger charge is -2.21. The third kappa shape index (κ3) is 7.21. The Morgan fingerprint density at radius 1 is 1.07 bits per heavy atom. The Balaban J connectivity index is 1.27. The van der Waals surface area contributed by atoms with Crippen LogP contribution in [0.3, 0.4) is 0 Å². The van der Waals surface area contributed by atoms with Crippen molar-refractivity contribution in [3.63, 3.8) is 0 Å². The van der Waals surface area contributed by atoms with Crippen molar-refractivity contribution in [2.75, 3.05) is 25.1 Å². The Labute approximate surface area is 161 Å². The quantitative estimate of drug-likeness (QED) is 0.616. The largest absolute Gasteiger partial charge is 0.484 e. The Kier molecular flexibility index (Phi) is 7.51. The van der Waals surface area contributed by atoms with Crippen molar-refractivity contribution >= 4 is 17.5 Å². The molecule has 1 aromatic rings. The highest BCUT2D eigenvalue weighted by Crippen LogP contribution is 2.30. The first kappa shape index (κ1) is 19.7. The number of carbonyl (C=O) groups is 2. The molecular weight excluding hydrogens is 344 g/mol. The zero-order valence-electron chi connectivity index (χ0n) is 15.9. The minimum Gasteiger partial charge on any atom is -0.484 e. The minimum absolute atomic E-state index is 0.0382. The van der Waals surface area contributed by atoms with Crippen LogP contribution in [0, 0.1) is 5.92 Å². The summed E-state index contributed by atoms with van der Waals surface area (Å²) in [5, 5.41) is 5.72. The molecule has 0 unspecified atom stereocenters. The Morgan fingerprint density at radius 2 is 1.89 bits per heavy atom. The molecule has 0 spiro atoms. The molecule has 27 heavy (non-hydrogen) atoms. The molecule has 2 saturated carbocycles. The standard InChI is InChI=1S/C21H30N2O4/c24-20(22-12-5-13-26-18-7-2-1-3-8-18)15-27-19-9-4-6-17(14-19)23-21(25)16-10-11-16/h4,6,9,14,16,18H,1-3,5,7-8,10-13,15H2,(H,22,24)(H,23,25). The van der Waals surface area contributed by atoms with Crippen LogP contribution in [0.2, 0.25) is 0 Å². The van der Waals surface area contributed by atoms with Crippen molar-refractivity contribution in [2.45, 2.75) is 57.5 Å². The van der Waals surface area contributed by atoms with Gasteiger partial charge in [-0.25, -0.2) is 0 Å². The van der Waals surface area contributed by atoms with E-state index >= 15 is 0 Å². The zero-order chi connectivity index (χ0) is 18.9. The van der Waals surface area contributed by atoms with E-state index in [9.17, 15) is 9.59 Å². The van der Waals surface area contributed by atoms with Crippen LogP contribution in [0.4, 0.5) is 5.69 Å². The Hall–Kier alpha value is -2.08. The van der Waals surface area contributed by atoms with Gasteiger partial charge in [-0.3, -0.25) is 9.59 Å². The van der Waals surface area contributed by atoms with Crippen molar-refractivity contribution in [3.8, 4) is 5.75 Å². The van der Waals surface area contributed by atoms with E-state index in [2.05, 4.69) is 10.6 Å². The van der Waals surface area contributed by atoms with E-state index in [1.165, 1.54) is 32.1 Å². The first-order chi connectivity index (χ1) is 13.2. The second-order valence-corrected chi connectivity index (χ2v) is 7.41. The fraction of sp³-hybridized carbons (Fsp3) is 0.619. The molecule has 0 heterocycles. The van der Waals surface area contributed by atoms with Crippen LogP contribution in [-0.4, -0.2) is 37.7 Å². The number of rotatable bonds is 10. The summed E-state index contributed by atoms with van der Waals surface area (Å²) in [5.74, 6) is 0.627. The molecule has 0 bridgehead atoms. The van der Waals surface area contributed by atoms with Crippen LogP contribution in [0.5, 0.6) is 5.75 Å². The van der Waals surface area contributed by atoms with E-state index in [0.717, 1.165) is 19.3 Å². The van der Waals surface area contributed by atoms with Gasteiger partial charge in [-0.05, 0) is 44.2 Å². The number of nitrogens with one attached hydrogen (secondary N) is 2. The molecule has 2 N–H and O–H groups in total. The van der Waals surface area contributed by atoms with E-state index in [4.69, 9.17) is 9.47 Å². The number of anilines is 1. The van der Waals surface area contributed by atoms with Crippen molar-refractivity contribution in [2.24, 2.45) is 5.92 Å². The molecule has 2 aliphatic carbocycles. The number of benzene rings is 1. The van der Waals surface area contributed by atoms with Gasteiger partial charge in [-0.1, -0.05) is 25.3 Å². The van der Waals surface area contributed by atoms with E-state index in [1.54, 1.807) is 18.2 Å². The highest BCUT2D eigenvalue weighted by atomic mass is 16.5. The fourth-order valence-electron chi connectivity index (χ4n) is 3.24. The van der Waals surface area contributed by atoms with Gasteiger partial charge in [0, 0.05) is 30.8 Å². The maximum Gasteiger partial charge on any atom is 0.257 e. The molecule has 2 amide bonds. The van der Waals surface area contributed by atoms with E-state index in [1.807, 2.05) is 6.07 Å². The summed E-state index contributed by atoms with van der Waals surface area (Å²) in [6.45, 7) is 1.24. The lowest BCUT2D eigenvalue weighted by molar-refractivity contribution is -0.123. The fourth-order valence-corrected chi connectivity index (χ4v) is 3.24. The first-order valence-corrected chi connectivity index (χ1v) is 10.1. The highest BCUT2D eigenvalue weighted by molar-refractivity contribution is 5.94. The van der Waals surface area contributed by atoms with E-state index < -0.39 is 0 Å². The molecule has 148 valence electrons. The summed E-state index contributed by atoms with van der Waals surface area (Å²) in [5.41, 5.74) is 0.699. The predicted octanol–water partition coefficient (Wildman–Crippen LogP) is 3.27. The van der Waals surface area contributed by atoms with Crippen LogP contribution in [0.25, 0.3) is 0 Å². The molecule has 0 atom stereocenters. The lowest BCUT2D eigenvalue weighted by Crippen LogP contribution is -2.30. The van der Waals surface area contributed by atoms with Crippen molar-refractivity contribution in [1.82, 2.24) is 5.32 Å². The second-order valence-electron chi connectivity index (χ2n) is 7.41. The van der Waals surface area contributed by atoms with Crippen molar-refractivity contribution in [1.29, 1.82) is 0 Å². The van der Waals surface area contributed by atoms with Crippen molar-refractivity contribution in [3.05, 3.63) is 24.3 Å². The molecule has 6 nitrogen and oxygen atoms in total. The molecule has 6 heteroatoms. The number of ether oxygens (including phenoxy) is 2. The van der Waals surface area contributed by atoms with Gasteiger partial charge in [-0.15, -0.1) is 0 Å². The molecular formula is C21H30N2O4. The minimum atomic E-state index is -0.153. The van der Waals surface area contributed by atoms with Gasteiger partial charge in [0.25, 0.3) is 5.91 Å². The summed E-state index contributed by atoms with van der Waals surface area (Å²) < 4.78 is 11.4. The van der Waals surface area contributed by atoms with Gasteiger partial charge in [0.05, 0.1) is 6.10 Å². The third-order valence-electron chi connectivity index (χ3n) is 4.97. The zero-order valence-corrected chi connectivity index (χ0v) is 15.9. The monoisotopic (exact) mass is 374 g/mol. The Morgan fingerprint density at radius 3 is 2.67 bits per heavy atom. The van der Waals surface area contributed by atoms with Gasteiger partial charge in [0.1, 0.15) is 5.75 Å². The van der Waals surface area contributed by atoms with Gasteiger partial charge in [0.2, 0.25) is 5.91 Å². The molecule has 0 aliphatic heterocycles. The average Bonchev–Trinajstić information content (AvgIpc) is 3.53. The predicted molar refractivity (Wildman–Crippen MR) is 104 cm³/mol. The number of amides is 2. The van der Waals surface area contributed by atoms with Crippen LogP contribution in [0.1, 0.15) is 51.4 Å². The normalized spacial score (nSPS) is 17.3. The van der Waals surface area contributed by atoms with Crippen LogP contribution in [-0.2, 0) is 14.3 Å². The maximum absolute atomic E-state index is 11.9. The van der Waals surface area contributed by atoms with Gasteiger partial charge >= 0.3 is 0 Å². The molecule has 2 fully saturated rings. The van der Waals surface area contributed by atoms with Crippen molar-refractivity contribution < 1.29 is 19.1 Å². The molecule has 0 aromatic heterocycles. The molecule has 2 aliphatic rings. The lowest BCUT2D eigenvalue weighted by atomic mass is 9.98. The smallest absolute Gasteiger partial charge is 0.257 e. The number of hydrogen-bond donors (Lipinski definition) is 2. The topological polar surface area (TPSA) is 76.7 Å². The number of carbonyl (C=O) groups excluding carboxylic acids is 2. The molecule has 0 radical (unpaired) electrons. The third-order valence-corrected chi connectivity index (χ3v) is 4.97. The number of hydrogen-bond acceptors (Lipinski definition) is 4. The maximum atomic E-state index is 11.9. The molecule has 1 aromatic carbocycles. The highest BCUT2D eigenvalue weighted by Gasteiger charge is 2.29. The van der Waals surface area contributed by atoms with Gasteiger partial charge in [-0.2, -0.15) is 0 Å². The average molecular weight is 374 g/mol. The van der Waals surface area contributed by atoms with Gasteiger partial charge < -0.3 is 20.1 Å². The second kappa shape index (κ2) is 10.3. The molecule has 0 saturated heterocycles. The summed E-state index contributed by atoms with van der Waals surface area (Å²) in [4.78, 5) is 23.7. The summed E-state index contributed by atoms with van der Waals surface area (Å²) in [6.07, 6.45) is 9.35. The summed E-state index contributed by atoms with van der Waals surface area (Å²) >= 11 is 0. The Bertz CT molecular complexity index is 624. The SMILES string of the molecule is O=C(COc1cccc(NC(=O)C2CC2)c1)NCCCOC1CCCCC1. The van der Waals surface area contributed by atoms with Gasteiger partial charge in [0.15, 0.2) is 6.61 Å². The summed E-state index contributed by atoms with van der Waals surface area (Å²) in [7, 11) is 0. The molecule has 3 rings (SSSR count). The first-order valence-electron chi connectivity index (χ1n) is 10.1. The van der Waals surface area contributed by atoms with E-state index in [0.29, 0.717) is 30.7 Å². The summed E-state index contributed by atoms with van der Waals surface area (Å²) in [6, 6.07) is 7.14. The van der Waals surface area contributed by atoms with E-state index in [-0.39, 0.29) is 24.3 Å².